The summed E-state index contributed by atoms with van der Waals surface area (Å²) in [5.41, 5.74) is 2.41. The standard InChI is InChI=1S/C17H24N4/c1-6-21(14-9-7-8-13(4)10-14)16-11-15(18-5)19-17(20-16)12(2)3/h7-12H,6H2,1-5H3,(H,18,19,20). The minimum atomic E-state index is 0.299. The van der Waals surface area contributed by atoms with Crippen molar-refractivity contribution in [2.75, 3.05) is 23.8 Å². The van der Waals surface area contributed by atoms with Crippen LogP contribution >= 0.6 is 0 Å². The Morgan fingerprint density at radius 3 is 2.52 bits per heavy atom. The molecule has 0 amide bonds. The molecule has 2 aromatic rings. The highest BCUT2D eigenvalue weighted by atomic mass is 15.2. The van der Waals surface area contributed by atoms with E-state index in [2.05, 4.69) is 67.2 Å². The quantitative estimate of drug-likeness (QED) is 0.897. The monoisotopic (exact) mass is 284 g/mol. The fourth-order valence-corrected chi connectivity index (χ4v) is 2.25. The van der Waals surface area contributed by atoms with E-state index >= 15 is 0 Å². The maximum Gasteiger partial charge on any atom is 0.138 e. The average Bonchev–Trinajstić information content (AvgIpc) is 2.47. The molecule has 0 aliphatic heterocycles. The molecule has 0 unspecified atom stereocenters. The van der Waals surface area contributed by atoms with E-state index in [1.165, 1.54) is 5.56 Å². The Labute approximate surface area is 127 Å². The smallest absolute Gasteiger partial charge is 0.138 e. The van der Waals surface area contributed by atoms with Crippen LogP contribution in [0, 0.1) is 6.92 Å². The van der Waals surface area contributed by atoms with Crippen LogP contribution in [0.15, 0.2) is 30.3 Å². The molecule has 0 aliphatic rings. The van der Waals surface area contributed by atoms with Gasteiger partial charge in [0.2, 0.25) is 0 Å². The van der Waals surface area contributed by atoms with Crippen molar-refractivity contribution in [3.8, 4) is 0 Å². The zero-order valence-corrected chi connectivity index (χ0v) is 13.5. The largest absolute Gasteiger partial charge is 0.373 e. The first-order valence-electron chi connectivity index (χ1n) is 7.46. The van der Waals surface area contributed by atoms with Crippen LogP contribution in [0.3, 0.4) is 0 Å². The van der Waals surface area contributed by atoms with E-state index in [1.54, 1.807) is 0 Å². The summed E-state index contributed by atoms with van der Waals surface area (Å²) in [6.45, 7) is 9.33. The Bertz CT molecular complexity index is 607. The molecule has 2 rings (SSSR count). The van der Waals surface area contributed by atoms with Gasteiger partial charge in [-0.3, -0.25) is 0 Å². The van der Waals surface area contributed by atoms with Gasteiger partial charge in [-0.25, -0.2) is 9.97 Å². The number of nitrogens with one attached hydrogen (secondary N) is 1. The minimum absolute atomic E-state index is 0.299. The molecule has 0 radical (unpaired) electrons. The number of hydrogen-bond donors (Lipinski definition) is 1. The van der Waals surface area contributed by atoms with Crippen molar-refractivity contribution in [2.45, 2.75) is 33.6 Å². The number of hydrogen-bond acceptors (Lipinski definition) is 4. The summed E-state index contributed by atoms with van der Waals surface area (Å²) in [5, 5.41) is 3.13. The zero-order valence-electron chi connectivity index (χ0n) is 13.5. The molecule has 1 aromatic heterocycles. The molecule has 0 aliphatic carbocycles. The Kier molecular flexibility index (Phi) is 4.78. The topological polar surface area (TPSA) is 41.0 Å². The molecular weight excluding hydrogens is 260 g/mol. The van der Waals surface area contributed by atoms with Crippen molar-refractivity contribution in [3.63, 3.8) is 0 Å². The highest BCUT2D eigenvalue weighted by Crippen LogP contribution is 2.27. The number of nitrogens with zero attached hydrogens (tertiary/aromatic N) is 3. The van der Waals surface area contributed by atoms with E-state index in [1.807, 2.05) is 13.1 Å². The third-order valence-corrected chi connectivity index (χ3v) is 3.41. The normalized spacial score (nSPS) is 10.8. The molecule has 4 heteroatoms. The van der Waals surface area contributed by atoms with Gasteiger partial charge in [0.05, 0.1) is 0 Å². The first-order valence-corrected chi connectivity index (χ1v) is 7.46. The summed E-state index contributed by atoms with van der Waals surface area (Å²) in [6, 6.07) is 10.5. The van der Waals surface area contributed by atoms with E-state index in [-0.39, 0.29) is 0 Å². The highest BCUT2D eigenvalue weighted by molar-refractivity contribution is 5.63. The summed E-state index contributed by atoms with van der Waals surface area (Å²) < 4.78 is 0. The summed E-state index contributed by atoms with van der Waals surface area (Å²) in [5.74, 6) is 2.96. The highest BCUT2D eigenvalue weighted by Gasteiger charge is 2.13. The van der Waals surface area contributed by atoms with Crippen LogP contribution in [-0.4, -0.2) is 23.6 Å². The molecule has 1 aromatic carbocycles. The fourth-order valence-electron chi connectivity index (χ4n) is 2.25. The van der Waals surface area contributed by atoms with Crippen molar-refractivity contribution in [2.24, 2.45) is 0 Å². The van der Waals surface area contributed by atoms with Crippen molar-refractivity contribution in [1.82, 2.24) is 9.97 Å². The molecular formula is C17H24N4. The first-order chi connectivity index (χ1) is 10.0. The lowest BCUT2D eigenvalue weighted by molar-refractivity contribution is 0.770. The molecule has 21 heavy (non-hydrogen) atoms. The molecule has 1 heterocycles. The lowest BCUT2D eigenvalue weighted by Gasteiger charge is -2.24. The minimum Gasteiger partial charge on any atom is -0.373 e. The third kappa shape index (κ3) is 3.51. The van der Waals surface area contributed by atoms with E-state index in [0.717, 1.165) is 29.7 Å². The molecule has 0 saturated heterocycles. The second kappa shape index (κ2) is 6.57. The van der Waals surface area contributed by atoms with Crippen LogP contribution < -0.4 is 10.2 Å². The molecule has 0 fully saturated rings. The lowest BCUT2D eigenvalue weighted by atomic mass is 10.2. The molecule has 1 N–H and O–H groups in total. The van der Waals surface area contributed by atoms with Gasteiger partial charge in [0.1, 0.15) is 17.5 Å². The molecule has 0 spiro atoms. The predicted molar refractivity (Wildman–Crippen MR) is 89.5 cm³/mol. The Morgan fingerprint density at radius 1 is 1.19 bits per heavy atom. The van der Waals surface area contributed by atoms with E-state index in [9.17, 15) is 0 Å². The second-order valence-electron chi connectivity index (χ2n) is 5.46. The molecule has 4 nitrogen and oxygen atoms in total. The number of benzene rings is 1. The van der Waals surface area contributed by atoms with Gasteiger partial charge in [-0.05, 0) is 31.5 Å². The van der Waals surface area contributed by atoms with Gasteiger partial charge in [-0.2, -0.15) is 0 Å². The number of anilines is 3. The van der Waals surface area contributed by atoms with Gasteiger partial charge in [-0.15, -0.1) is 0 Å². The van der Waals surface area contributed by atoms with E-state index < -0.39 is 0 Å². The van der Waals surface area contributed by atoms with Gasteiger partial charge >= 0.3 is 0 Å². The van der Waals surface area contributed by atoms with E-state index in [0.29, 0.717) is 5.92 Å². The molecule has 112 valence electrons. The van der Waals surface area contributed by atoms with Crippen molar-refractivity contribution in [3.05, 3.63) is 41.7 Å². The summed E-state index contributed by atoms with van der Waals surface area (Å²) in [7, 11) is 1.89. The number of aromatic nitrogens is 2. The first kappa shape index (κ1) is 15.3. The molecule has 0 saturated carbocycles. The van der Waals surface area contributed by atoms with Gasteiger partial charge in [0, 0.05) is 31.3 Å². The Morgan fingerprint density at radius 2 is 1.95 bits per heavy atom. The summed E-state index contributed by atoms with van der Waals surface area (Å²) in [4.78, 5) is 11.5. The Hall–Kier alpha value is -2.10. The average molecular weight is 284 g/mol. The molecule has 0 atom stereocenters. The summed E-state index contributed by atoms with van der Waals surface area (Å²) in [6.07, 6.45) is 0. The van der Waals surface area contributed by atoms with Crippen LogP contribution in [0.4, 0.5) is 17.3 Å². The summed E-state index contributed by atoms with van der Waals surface area (Å²) >= 11 is 0. The van der Waals surface area contributed by atoms with Crippen molar-refractivity contribution < 1.29 is 0 Å². The Balaban J connectivity index is 2.48. The van der Waals surface area contributed by atoms with Gasteiger partial charge in [0.15, 0.2) is 0 Å². The van der Waals surface area contributed by atoms with Crippen LogP contribution in [0.1, 0.15) is 38.1 Å². The number of rotatable bonds is 5. The van der Waals surface area contributed by atoms with Gasteiger partial charge in [0.25, 0.3) is 0 Å². The molecule has 0 bridgehead atoms. The van der Waals surface area contributed by atoms with Crippen LogP contribution in [0.5, 0.6) is 0 Å². The van der Waals surface area contributed by atoms with Crippen molar-refractivity contribution in [1.29, 1.82) is 0 Å². The van der Waals surface area contributed by atoms with Crippen molar-refractivity contribution >= 4 is 17.3 Å². The number of aryl methyl sites for hydroxylation is 1. The predicted octanol–water partition coefficient (Wildman–Crippen LogP) is 4.11. The third-order valence-electron chi connectivity index (χ3n) is 3.41. The lowest BCUT2D eigenvalue weighted by Crippen LogP contribution is -2.19. The van der Waals surface area contributed by atoms with Gasteiger partial charge in [-0.1, -0.05) is 26.0 Å². The second-order valence-corrected chi connectivity index (χ2v) is 5.46. The van der Waals surface area contributed by atoms with E-state index in [4.69, 9.17) is 4.98 Å². The maximum atomic E-state index is 4.73. The van der Waals surface area contributed by atoms with Crippen LogP contribution in [0.25, 0.3) is 0 Å². The zero-order chi connectivity index (χ0) is 15.4. The fraction of sp³-hybridized carbons (Fsp3) is 0.412. The van der Waals surface area contributed by atoms with Crippen LogP contribution in [0.2, 0.25) is 0 Å². The van der Waals surface area contributed by atoms with Gasteiger partial charge < -0.3 is 10.2 Å². The SMILES string of the molecule is CCN(c1cccc(C)c1)c1cc(NC)nc(C(C)C)n1. The maximum absolute atomic E-state index is 4.73. The van der Waals surface area contributed by atoms with Crippen LogP contribution in [-0.2, 0) is 0 Å².